The first-order chi connectivity index (χ1) is 18.2. The Morgan fingerprint density at radius 2 is 1.54 bits per heavy atom. The minimum absolute atomic E-state index is 0.000867. The topological polar surface area (TPSA) is 51.0 Å². The maximum atomic E-state index is 13.2. The van der Waals surface area contributed by atoms with Gasteiger partial charge in [0.15, 0.2) is 0 Å². The first-order valence-corrected chi connectivity index (χ1v) is 14.7. The normalized spacial score (nSPS) is 14.7. The minimum Gasteiger partial charge on any atom is -0.293 e. The summed E-state index contributed by atoms with van der Waals surface area (Å²) in [6.45, 7) is 2.95. The van der Waals surface area contributed by atoms with Crippen molar-refractivity contribution in [3.63, 3.8) is 0 Å². The van der Waals surface area contributed by atoms with E-state index in [1.54, 1.807) is 17.3 Å². The van der Waals surface area contributed by atoms with Crippen molar-refractivity contribution in [1.29, 1.82) is 0 Å². The van der Waals surface area contributed by atoms with Crippen molar-refractivity contribution in [1.82, 2.24) is 19.7 Å². The van der Waals surface area contributed by atoms with Gasteiger partial charge >= 0.3 is 0 Å². The number of para-hydroxylation sites is 1. The van der Waals surface area contributed by atoms with Crippen molar-refractivity contribution in [2.24, 2.45) is 0 Å². The summed E-state index contributed by atoms with van der Waals surface area (Å²) in [7, 11) is 0. The number of aromatic nitrogens is 3. The fourth-order valence-corrected chi connectivity index (χ4v) is 5.83. The van der Waals surface area contributed by atoms with Crippen LogP contribution in [0.2, 0.25) is 0 Å². The Kier molecular flexibility index (Phi) is 10.5. The predicted molar refractivity (Wildman–Crippen MR) is 159 cm³/mol. The molecule has 1 aliphatic rings. The number of thioether (sulfide) groups is 1. The summed E-state index contributed by atoms with van der Waals surface area (Å²) in [5, 5.41) is 4.84. The highest BCUT2D eigenvalue weighted by atomic mass is 32.2. The van der Waals surface area contributed by atoms with Crippen LogP contribution in [0.3, 0.4) is 0 Å². The molecule has 7 heteroatoms. The lowest BCUT2D eigenvalue weighted by Crippen LogP contribution is -2.29. The van der Waals surface area contributed by atoms with Crippen LogP contribution in [0.1, 0.15) is 76.7 Å². The summed E-state index contributed by atoms with van der Waals surface area (Å²) >= 11 is 6.97. The molecule has 0 atom stereocenters. The van der Waals surface area contributed by atoms with Crippen LogP contribution in [0.5, 0.6) is 0 Å². The molecule has 3 aromatic rings. The molecule has 37 heavy (non-hydrogen) atoms. The summed E-state index contributed by atoms with van der Waals surface area (Å²) in [5.74, 6) is -0.000867. The number of carbonyl (C=O) groups is 1. The third-order valence-electron chi connectivity index (χ3n) is 6.61. The molecule has 0 unspecified atom stereocenters. The summed E-state index contributed by atoms with van der Waals surface area (Å²) < 4.78 is 2.50. The summed E-state index contributed by atoms with van der Waals surface area (Å²) in [4.78, 5) is 19.8. The Morgan fingerprint density at radius 3 is 2.22 bits per heavy atom. The molecule has 1 fully saturated rings. The number of thiocarbonyl (C=S) groups is 1. The Labute approximate surface area is 230 Å². The maximum absolute atomic E-state index is 13.2. The maximum Gasteiger partial charge on any atom is 0.266 e. The molecule has 0 bridgehead atoms. The number of hydrogen-bond donors (Lipinski definition) is 0. The molecule has 1 aliphatic heterocycles. The van der Waals surface area contributed by atoms with E-state index in [0.29, 0.717) is 15.8 Å². The van der Waals surface area contributed by atoms with Gasteiger partial charge in [-0.05, 0) is 36.8 Å². The van der Waals surface area contributed by atoms with E-state index in [-0.39, 0.29) is 5.91 Å². The molecule has 0 aliphatic carbocycles. The lowest BCUT2D eigenvalue weighted by atomic mass is 10.1. The summed E-state index contributed by atoms with van der Waals surface area (Å²) in [5.41, 5.74) is 3.61. The molecule has 1 amide bonds. The average molecular weight is 533 g/mol. The van der Waals surface area contributed by atoms with Crippen molar-refractivity contribution in [3.05, 3.63) is 71.5 Å². The van der Waals surface area contributed by atoms with Crippen LogP contribution < -0.4 is 0 Å². The zero-order chi connectivity index (χ0) is 25.9. The number of benzene rings is 1. The van der Waals surface area contributed by atoms with E-state index in [4.69, 9.17) is 17.3 Å². The smallest absolute Gasteiger partial charge is 0.266 e. The van der Waals surface area contributed by atoms with Gasteiger partial charge in [-0.1, -0.05) is 107 Å². The number of hydrogen-bond acceptors (Lipinski definition) is 5. The largest absolute Gasteiger partial charge is 0.293 e. The molecule has 5 nitrogen and oxygen atoms in total. The van der Waals surface area contributed by atoms with Crippen LogP contribution in [0.25, 0.3) is 23.0 Å². The SMILES string of the molecule is CCCCCCCCCCCCN1C(=O)C(=Cc2cn(-c3ccccc3)nc2-c2ccncc2)SC1=S. The zero-order valence-corrected chi connectivity index (χ0v) is 23.3. The molecule has 4 rings (SSSR count). The Balaban J connectivity index is 1.38. The monoisotopic (exact) mass is 532 g/mol. The van der Waals surface area contributed by atoms with Gasteiger partial charge in [0.05, 0.1) is 10.6 Å². The zero-order valence-electron chi connectivity index (χ0n) is 21.6. The van der Waals surface area contributed by atoms with E-state index in [1.807, 2.05) is 59.4 Å². The third kappa shape index (κ3) is 7.62. The fourth-order valence-electron chi connectivity index (χ4n) is 4.53. The Morgan fingerprint density at radius 1 is 0.892 bits per heavy atom. The van der Waals surface area contributed by atoms with Gasteiger partial charge in [-0.2, -0.15) is 5.10 Å². The molecule has 194 valence electrons. The van der Waals surface area contributed by atoms with Gasteiger partial charge in [-0.25, -0.2) is 4.68 Å². The molecular weight excluding hydrogens is 496 g/mol. The second-order valence-electron chi connectivity index (χ2n) is 9.46. The number of carbonyl (C=O) groups excluding carboxylic acids is 1. The van der Waals surface area contributed by atoms with Crippen LogP contribution >= 0.6 is 24.0 Å². The molecule has 2 aromatic heterocycles. The first-order valence-electron chi connectivity index (χ1n) is 13.5. The van der Waals surface area contributed by atoms with Crippen molar-refractivity contribution < 1.29 is 4.79 Å². The number of pyridine rings is 1. The second-order valence-corrected chi connectivity index (χ2v) is 11.1. The third-order valence-corrected chi connectivity index (χ3v) is 7.99. The molecular formula is C30H36N4OS2. The van der Waals surface area contributed by atoms with E-state index in [0.717, 1.165) is 35.3 Å². The lowest BCUT2D eigenvalue weighted by Gasteiger charge is -2.14. The van der Waals surface area contributed by atoms with Crippen molar-refractivity contribution in [2.75, 3.05) is 6.54 Å². The highest BCUT2D eigenvalue weighted by molar-refractivity contribution is 8.26. The molecule has 0 saturated carbocycles. The predicted octanol–water partition coefficient (Wildman–Crippen LogP) is 8.06. The van der Waals surface area contributed by atoms with Gasteiger partial charge in [0.2, 0.25) is 0 Å². The second kappa shape index (κ2) is 14.2. The first kappa shape index (κ1) is 27.3. The molecule has 0 spiro atoms. The van der Waals surface area contributed by atoms with Crippen LogP contribution in [-0.2, 0) is 4.79 Å². The molecule has 0 N–H and O–H groups in total. The Hall–Kier alpha value is -2.77. The molecule has 1 saturated heterocycles. The van der Waals surface area contributed by atoms with Crippen LogP contribution in [-0.4, -0.2) is 36.4 Å². The Bertz CT molecular complexity index is 1190. The summed E-state index contributed by atoms with van der Waals surface area (Å²) in [6, 6.07) is 13.9. The van der Waals surface area contributed by atoms with E-state index in [1.165, 1.54) is 63.1 Å². The summed E-state index contributed by atoms with van der Waals surface area (Å²) in [6.07, 6.45) is 20.1. The standard InChI is InChI=1S/C30H36N4OS2/c1-2-3-4-5-6-7-8-9-10-14-21-33-29(35)27(37-30(33)36)22-25-23-34(26-15-12-11-13-16-26)32-28(25)24-17-19-31-20-18-24/h11-13,15-20,22-23H,2-10,14,21H2,1H3. The van der Waals surface area contributed by atoms with E-state index in [9.17, 15) is 4.79 Å². The van der Waals surface area contributed by atoms with Gasteiger partial charge in [0.25, 0.3) is 5.91 Å². The van der Waals surface area contributed by atoms with Gasteiger partial charge in [-0.3, -0.25) is 14.7 Å². The van der Waals surface area contributed by atoms with E-state index < -0.39 is 0 Å². The van der Waals surface area contributed by atoms with Gasteiger partial charge in [0.1, 0.15) is 10.0 Å². The van der Waals surface area contributed by atoms with Gasteiger partial charge in [-0.15, -0.1) is 0 Å². The van der Waals surface area contributed by atoms with Gasteiger partial charge < -0.3 is 0 Å². The average Bonchev–Trinajstić information content (AvgIpc) is 3.47. The van der Waals surface area contributed by atoms with Crippen LogP contribution in [0.15, 0.2) is 66.0 Å². The van der Waals surface area contributed by atoms with Crippen LogP contribution in [0, 0.1) is 0 Å². The quantitative estimate of drug-likeness (QED) is 0.119. The number of unbranched alkanes of at least 4 members (excludes halogenated alkanes) is 9. The number of amides is 1. The molecule has 3 heterocycles. The van der Waals surface area contributed by atoms with E-state index in [2.05, 4.69) is 11.9 Å². The van der Waals surface area contributed by atoms with Crippen molar-refractivity contribution in [2.45, 2.75) is 71.1 Å². The van der Waals surface area contributed by atoms with E-state index >= 15 is 0 Å². The lowest BCUT2D eigenvalue weighted by molar-refractivity contribution is -0.122. The van der Waals surface area contributed by atoms with Crippen molar-refractivity contribution in [3.8, 4) is 16.9 Å². The fraction of sp³-hybridized carbons (Fsp3) is 0.400. The minimum atomic E-state index is -0.000867. The highest BCUT2D eigenvalue weighted by Gasteiger charge is 2.32. The van der Waals surface area contributed by atoms with Crippen LogP contribution in [0.4, 0.5) is 0 Å². The van der Waals surface area contributed by atoms with Crippen molar-refractivity contribution >= 4 is 40.3 Å². The van der Waals surface area contributed by atoms with Gasteiger partial charge in [0, 0.05) is 36.3 Å². The molecule has 0 radical (unpaired) electrons. The number of rotatable bonds is 14. The highest BCUT2D eigenvalue weighted by Crippen LogP contribution is 2.35. The molecule has 1 aromatic carbocycles. The number of nitrogens with zero attached hydrogens (tertiary/aromatic N) is 4.